The second-order valence-corrected chi connectivity index (χ2v) is 3.06. The van der Waals surface area contributed by atoms with Gasteiger partial charge in [-0.3, -0.25) is 9.78 Å². The lowest BCUT2D eigenvalue weighted by Gasteiger charge is -1.87. The quantitative estimate of drug-likeness (QED) is 0.535. The van der Waals surface area contributed by atoms with Crippen LogP contribution in [0.25, 0.3) is 11.0 Å². The molecule has 0 bridgehead atoms. The maximum absolute atomic E-state index is 11.3. The number of hydrogen-bond donors (Lipinski definition) is 3. The van der Waals surface area contributed by atoms with Crippen LogP contribution < -0.4 is 5.56 Å². The minimum absolute atomic E-state index is 0.155. The van der Waals surface area contributed by atoms with E-state index in [0.29, 0.717) is 15.8 Å². The zero-order valence-electron chi connectivity index (χ0n) is 6.39. The van der Waals surface area contributed by atoms with E-state index in [1.807, 2.05) is 6.92 Å². The second-order valence-electron chi connectivity index (χ2n) is 2.65. The van der Waals surface area contributed by atoms with Crippen LogP contribution in [0.15, 0.2) is 10.9 Å². The Morgan fingerprint density at radius 3 is 2.83 bits per heavy atom. The Kier molecular flexibility index (Phi) is 1.41. The van der Waals surface area contributed by atoms with E-state index in [-0.39, 0.29) is 5.56 Å². The first-order valence-corrected chi connectivity index (χ1v) is 3.89. The summed E-state index contributed by atoms with van der Waals surface area (Å²) in [5, 5.41) is 0.612. The highest BCUT2D eigenvalue weighted by Crippen LogP contribution is 2.05. The summed E-state index contributed by atoms with van der Waals surface area (Å²) in [6.45, 7) is 1.89. The normalized spacial score (nSPS) is 10.8. The van der Waals surface area contributed by atoms with Gasteiger partial charge in [0.1, 0.15) is 5.65 Å². The molecule has 0 aliphatic carbocycles. The van der Waals surface area contributed by atoms with Crippen molar-refractivity contribution < 1.29 is 0 Å². The Bertz CT molecular complexity index is 533. The van der Waals surface area contributed by atoms with Crippen molar-refractivity contribution in [2.75, 3.05) is 0 Å². The fraction of sp³-hybridized carbons (Fsp3) is 0.143. The molecule has 0 fully saturated rings. The zero-order chi connectivity index (χ0) is 8.72. The molecule has 0 aliphatic rings. The van der Waals surface area contributed by atoms with E-state index >= 15 is 0 Å². The Hall–Kier alpha value is -1.36. The van der Waals surface area contributed by atoms with E-state index < -0.39 is 0 Å². The molecule has 0 spiro atoms. The number of nitrogens with one attached hydrogen (secondary N) is 3. The van der Waals surface area contributed by atoms with Gasteiger partial charge in [-0.2, -0.15) is 0 Å². The molecule has 0 radical (unpaired) electrons. The summed E-state index contributed by atoms with van der Waals surface area (Å²) in [6, 6.07) is 1.78. The van der Waals surface area contributed by atoms with Crippen LogP contribution in [-0.2, 0) is 0 Å². The number of aromatic nitrogens is 3. The fourth-order valence-electron chi connectivity index (χ4n) is 1.18. The first-order valence-electron chi connectivity index (χ1n) is 3.49. The van der Waals surface area contributed by atoms with E-state index in [0.717, 1.165) is 5.69 Å². The van der Waals surface area contributed by atoms with Gasteiger partial charge in [0.2, 0.25) is 0 Å². The molecule has 2 aromatic rings. The van der Waals surface area contributed by atoms with Crippen LogP contribution in [0, 0.1) is 11.7 Å². The molecule has 2 aromatic heterocycles. The van der Waals surface area contributed by atoms with Crippen LogP contribution in [0.4, 0.5) is 0 Å². The second kappa shape index (κ2) is 2.31. The first-order chi connectivity index (χ1) is 5.66. The molecule has 0 saturated carbocycles. The molecule has 5 heteroatoms. The van der Waals surface area contributed by atoms with E-state index in [1.54, 1.807) is 6.07 Å². The molecule has 0 aromatic carbocycles. The van der Waals surface area contributed by atoms with Crippen molar-refractivity contribution in [2.24, 2.45) is 0 Å². The highest BCUT2D eigenvalue weighted by atomic mass is 32.1. The summed E-state index contributed by atoms with van der Waals surface area (Å²) in [6.07, 6.45) is 0. The molecule has 0 saturated heterocycles. The number of aryl methyl sites for hydroxylation is 1. The molecule has 12 heavy (non-hydrogen) atoms. The highest BCUT2D eigenvalue weighted by Gasteiger charge is 2.00. The van der Waals surface area contributed by atoms with Gasteiger partial charge in [0.05, 0.1) is 5.39 Å². The Morgan fingerprint density at radius 2 is 2.08 bits per heavy atom. The monoisotopic (exact) mass is 181 g/mol. The van der Waals surface area contributed by atoms with Gasteiger partial charge in [-0.25, -0.2) is 0 Å². The molecular formula is C7H7N3OS. The summed E-state index contributed by atoms with van der Waals surface area (Å²) >= 11 is 4.81. The Morgan fingerprint density at radius 1 is 1.33 bits per heavy atom. The average molecular weight is 181 g/mol. The van der Waals surface area contributed by atoms with E-state index in [1.165, 1.54) is 0 Å². The molecule has 0 aliphatic heterocycles. The maximum atomic E-state index is 11.3. The van der Waals surface area contributed by atoms with E-state index in [2.05, 4.69) is 15.0 Å². The molecular weight excluding hydrogens is 174 g/mol. The lowest BCUT2D eigenvalue weighted by Crippen LogP contribution is -2.06. The molecule has 62 valence electrons. The van der Waals surface area contributed by atoms with Gasteiger partial charge < -0.3 is 9.97 Å². The minimum Gasteiger partial charge on any atom is -0.345 e. The van der Waals surface area contributed by atoms with Gasteiger partial charge in [0.15, 0.2) is 4.77 Å². The molecule has 3 N–H and O–H groups in total. The third-order valence-corrected chi connectivity index (χ3v) is 1.87. The van der Waals surface area contributed by atoms with Gasteiger partial charge in [-0.15, -0.1) is 0 Å². The Labute approximate surface area is 72.6 Å². The van der Waals surface area contributed by atoms with Crippen LogP contribution in [-0.4, -0.2) is 15.0 Å². The van der Waals surface area contributed by atoms with Crippen molar-refractivity contribution >= 4 is 23.3 Å². The molecule has 2 heterocycles. The smallest absolute Gasteiger partial charge is 0.261 e. The highest BCUT2D eigenvalue weighted by molar-refractivity contribution is 7.71. The van der Waals surface area contributed by atoms with Gasteiger partial charge in [0, 0.05) is 5.69 Å². The molecule has 2 rings (SSSR count). The number of hydrogen-bond acceptors (Lipinski definition) is 2. The first kappa shape index (κ1) is 7.30. The Balaban J connectivity index is 3.08. The van der Waals surface area contributed by atoms with Crippen molar-refractivity contribution in [2.45, 2.75) is 6.92 Å². The molecule has 0 amide bonds. The lowest BCUT2D eigenvalue weighted by atomic mass is 10.4. The van der Waals surface area contributed by atoms with Crippen molar-refractivity contribution in [3.05, 3.63) is 26.9 Å². The van der Waals surface area contributed by atoms with Crippen LogP contribution in [0.2, 0.25) is 0 Å². The van der Waals surface area contributed by atoms with Gasteiger partial charge >= 0.3 is 0 Å². The van der Waals surface area contributed by atoms with Crippen LogP contribution in [0.5, 0.6) is 0 Å². The third kappa shape index (κ3) is 0.984. The van der Waals surface area contributed by atoms with Crippen LogP contribution in [0.1, 0.15) is 5.69 Å². The SMILES string of the molecule is Cc1cc2c(=O)[nH]c(=S)[nH]c2[nH]1. The standard InChI is InChI=1S/C7H7N3OS/c1-3-2-4-5(8-3)9-7(12)10-6(4)11/h2H,1H3,(H3,8,9,10,11,12). The van der Waals surface area contributed by atoms with Crippen LogP contribution >= 0.6 is 12.2 Å². The van der Waals surface area contributed by atoms with E-state index in [9.17, 15) is 4.79 Å². The third-order valence-electron chi connectivity index (χ3n) is 1.66. The zero-order valence-corrected chi connectivity index (χ0v) is 7.21. The number of aromatic amines is 3. The summed E-state index contributed by atoms with van der Waals surface area (Å²) in [5.74, 6) is 0. The minimum atomic E-state index is -0.155. The van der Waals surface area contributed by atoms with Gasteiger partial charge in [0.25, 0.3) is 5.56 Å². The fourth-order valence-corrected chi connectivity index (χ4v) is 1.38. The van der Waals surface area contributed by atoms with Crippen molar-refractivity contribution in [3.63, 3.8) is 0 Å². The predicted molar refractivity (Wildman–Crippen MR) is 48.8 cm³/mol. The summed E-state index contributed by atoms with van der Waals surface area (Å²) in [7, 11) is 0. The predicted octanol–water partition coefficient (Wildman–Crippen LogP) is 1.22. The summed E-state index contributed by atoms with van der Waals surface area (Å²) in [4.78, 5) is 19.6. The number of H-pyrrole nitrogens is 3. The topological polar surface area (TPSA) is 64.4 Å². The molecule has 0 atom stereocenters. The van der Waals surface area contributed by atoms with Crippen molar-refractivity contribution in [1.82, 2.24) is 15.0 Å². The number of rotatable bonds is 0. The van der Waals surface area contributed by atoms with Crippen molar-refractivity contribution in [3.8, 4) is 0 Å². The lowest BCUT2D eigenvalue weighted by molar-refractivity contribution is 1.12. The van der Waals surface area contributed by atoms with Gasteiger partial charge in [-0.05, 0) is 25.2 Å². The number of fused-ring (bicyclic) bond motifs is 1. The van der Waals surface area contributed by atoms with E-state index in [4.69, 9.17) is 12.2 Å². The molecule has 4 nitrogen and oxygen atoms in total. The van der Waals surface area contributed by atoms with Gasteiger partial charge in [-0.1, -0.05) is 0 Å². The summed E-state index contributed by atoms with van der Waals surface area (Å²) in [5.41, 5.74) is 1.46. The molecule has 0 unspecified atom stereocenters. The van der Waals surface area contributed by atoms with Crippen LogP contribution in [0.3, 0.4) is 0 Å². The largest absolute Gasteiger partial charge is 0.345 e. The average Bonchev–Trinajstić information content (AvgIpc) is 2.29. The summed E-state index contributed by atoms with van der Waals surface area (Å²) < 4.78 is 0.342. The van der Waals surface area contributed by atoms with Crippen molar-refractivity contribution in [1.29, 1.82) is 0 Å². The maximum Gasteiger partial charge on any atom is 0.261 e.